The average Bonchev–Trinajstić information content (AvgIpc) is 2.80. The van der Waals surface area contributed by atoms with E-state index in [0.717, 1.165) is 22.6 Å². The molecular weight excluding hydrogens is 305 g/mol. The Kier molecular flexibility index (Phi) is 4.17. The molecule has 0 saturated carbocycles. The quantitative estimate of drug-likeness (QED) is 0.662. The van der Waals surface area contributed by atoms with Gasteiger partial charge in [-0.15, -0.1) is 11.3 Å². The standard InChI is InChI=1S/C13H11F3N2O2S/c1-8-4-5-21-12(8)7-17-9-2-3-11(18(19)20)10(6-9)13(14,15)16/h2-6,17H,7H2,1H3. The first-order chi connectivity index (χ1) is 9.79. The number of aryl methyl sites for hydroxylation is 1. The number of anilines is 1. The van der Waals surface area contributed by atoms with Gasteiger partial charge in [0.15, 0.2) is 0 Å². The average molecular weight is 316 g/mol. The Morgan fingerprint density at radius 2 is 2.05 bits per heavy atom. The second kappa shape index (κ2) is 5.72. The van der Waals surface area contributed by atoms with Crippen LogP contribution in [0.25, 0.3) is 0 Å². The van der Waals surface area contributed by atoms with E-state index in [2.05, 4.69) is 5.32 Å². The van der Waals surface area contributed by atoms with Crippen molar-refractivity contribution in [3.63, 3.8) is 0 Å². The number of thiophene rings is 1. The van der Waals surface area contributed by atoms with E-state index in [0.29, 0.717) is 6.54 Å². The summed E-state index contributed by atoms with van der Waals surface area (Å²) >= 11 is 1.49. The molecule has 0 aliphatic carbocycles. The molecule has 2 aromatic rings. The zero-order valence-electron chi connectivity index (χ0n) is 10.9. The van der Waals surface area contributed by atoms with Gasteiger partial charge in [0.25, 0.3) is 5.69 Å². The maximum atomic E-state index is 12.8. The molecule has 0 spiro atoms. The Morgan fingerprint density at radius 1 is 1.33 bits per heavy atom. The molecule has 1 heterocycles. The number of nitrogens with one attached hydrogen (secondary N) is 1. The molecule has 0 atom stereocenters. The summed E-state index contributed by atoms with van der Waals surface area (Å²) < 4.78 is 38.5. The third-order valence-corrected chi connectivity index (χ3v) is 3.94. The summed E-state index contributed by atoms with van der Waals surface area (Å²) in [4.78, 5) is 10.6. The van der Waals surface area contributed by atoms with Crippen molar-refractivity contribution < 1.29 is 18.1 Å². The zero-order valence-corrected chi connectivity index (χ0v) is 11.7. The third-order valence-electron chi connectivity index (χ3n) is 2.92. The van der Waals surface area contributed by atoms with Gasteiger partial charge < -0.3 is 5.32 Å². The fourth-order valence-electron chi connectivity index (χ4n) is 1.80. The molecule has 2 rings (SSSR count). The highest BCUT2D eigenvalue weighted by molar-refractivity contribution is 7.10. The molecule has 112 valence electrons. The minimum Gasteiger partial charge on any atom is -0.380 e. The summed E-state index contributed by atoms with van der Waals surface area (Å²) in [7, 11) is 0. The first-order valence-electron chi connectivity index (χ1n) is 5.91. The number of rotatable bonds is 4. The molecule has 1 aromatic carbocycles. The number of alkyl halides is 3. The van der Waals surface area contributed by atoms with Gasteiger partial charge in [0.1, 0.15) is 5.56 Å². The fourth-order valence-corrected chi connectivity index (χ4v) is 2.65. The van der Waals surface area contributed by atoms with Crippen LogP contribution in [0.5, 0.6) is 0 Å². The Bertz CT molecular complexity index is 668. The molecule has 21 heavy (non-hydrogen) atoms. The van der Waals surface area contributed by atoms with E-state index in [9.17, 15) is 23.3 Å². The number of nitro benzene ring substituents is 1. The monoisotopic (exact) mass is 316 g/mol. The van der Waals surface area contributed by atoms with Crippen molar-refractivity contribution in [2.75, 3.05) is 5.32 Å². The molecule has 0 aliphatic rings. The number of benzene rings is 1. The van der Waals surface area contributed by atoms with Gasteiger partial charge in [0.05, 0.1) is 4.92 Å². The smallest absolute Gasteiger partial charge is 0.380 e. The Balaban J connectivity index is 2.26. The maximum Gasteiger partial charge on any atom is 0.423 e. The van der Waals surface area contributed by atoms with Crippen molar-refractivity contribution in [2.45, 2.75) is 19.6 Å². The summed E-state index contributed by atoms with van der Waals surface area (Å²) in [5, 5.41) is 15.4. The second-order valence-electron chi connectivity index (χ2n) is 4.37. The largest absolute Gasteiger partial charge is 0.423 e. The van der Waals surface area contributed by atoms with Gasteiger partial charge in [-0.2, -0.15) is 13.2 Å². The van der Waals surface area contributed by atoms with Crippen LogP contribution in [0.4, 0.5) is 24.5 Å². The SMILES string of the molecule is Cc1ccsc1CNc1ccc([N+](=O)[O-])c(C(F)(F)F)c1. The molecule has 0 aliphatic heterocycles. The molecule has 4 nitrogen and oxygen atoms in total. The van der Waals surface area contributed by atoms with E-state index in [1.54, 1.807) is 0 Å². The predicted molar refractivity (Wildman–Crippen MR) is 74.5 cm³/mol. The van der Waals surface area contributed by atoms with Crippen molar-refractivity contribution in [1.29, 1.82) is 0 Å². The van der Waals surface area contributed by atoms with Crippen LogP contribution in [-0.4, -0.2) is 4.92 Å². The van der Waals surface area contributed by atoms with Crippen LogP contribution in [0.1, 0.15) is 16.0 Å². The molecule has 0 bridgehead atoms. The summed E-state index contributed by atoms with van der Waals surface area (Å²) in [6.07, 6.45) is -4.76. The van der Waals surface area contributed by atoms with Gasteiger partial charge >= 0.3 is 6.18 Å². The van der Waals surface area contributed by atoms with E-state index in [1.807, 2.05) is 18.4 Å². The van der Waals surface area contributed by atoms with Crippen molar-refractivity contribution in [2.24, 2.45) is 0 Å². The van der Waals surface area contributed by atoms with E-state index in [-0.39, 0.29) is 5.69 Å². The van der Waals surface area contributed by atoms with Crippen LogP contribution in [0.3, 0.4) is 0 Å². The summed E-state index contributed by atoms with van der Waals surface area (Å²) in [6, 6.07) is 4.82. The number of hydrogen-bond donors (Lipinski definition) is 1. The summed E-state index contributed by atoms with van der Waals surface area (Å²) in [5.41, 5.74) is -0.952. The van der Waals surface area contributed by atoms with Crippen molar-refractivity contribution in [3.05, 3.63) is 55.8 Å². The molecule has 0 fully saturated rings. The Labute approximate surface area is 122 Å². The number of halogens is 3. The van der Waals surface area contributed by atoms with E-state index in [4.69, 9.17) is 0 Å². The van der Waals surface area contributed by atoms with E-state index >= 15 is 0 Å². The van der Waals surface area contributed by atoms with E-state index < -0.39 is 22.4 Å². The second-order valence-corrected chi connectivity index (χ2v) is 5.37. The fraction of sp³-hybridized carbons (Fsp3) is 0.231. The topological polar surface area (TPSA) is 55.2 Å². The van der Waals surface area contributed by atoms with E-state index in [1.165, 1.54) is 17.4 Å². The maximum absolute atomic E-state index is 12.8. The normalized spacial score (nSPS) is 11.4. The Morgan fingerprint density at radius 3 is 2.57 bits per heavy atom. The molecule has 0 radical (unpaired) electrons. The van der Waals surface area contributed by atoms with Crippen LogP contribution in [0, 0.1) is 17.0 Å². The first-order valence-corrected chi connectivity index (χ1v) is 6.79. The lowest BCUT2D eigenvalue weighted by molar-refractivity contribution is -0.388. The van der Waals surface area contributed by atoms with Crippen LogP contribution >= 0.6 is 11.3 Å². The third kappa shape index (κ3) is 3.52. The van der Waals surface area contributed by atoms with Gasteiger partial charge in [0.2, 0.25) is 0 Å². The molecule has 0 saturated heterocycles. The van der Waals surface area contributed by atoms with Crippen LogP contribution in [0.15, 0.2) is 29.6 Å². The van der Waals surface area contributed by atoms with Gasteiger partial charge in [-0.3, -0.25) is 10.1 Å². The van der Waals surface area contributed by atoms with Gasteiger partial charge in [0, 0.05) is 23.2 Å². The molecular formula is C13H11F3N2O2S. The zero-order chi connectivity index (χ0) is 15.6. The molecule has 0 unspecified atom stereocenters. The lowest BCUT2D eigenvalue weighted by atomic mass is 10.1. The van der Waals surface area contributed by atoms with Crippen molar-refractivity contribution in [3.8, 4) is 0 Å². The highest BCUT2D eigenvalue weighted by Crippen LogP contribution is 2.37. The van der Waals surface area contributed by atoms with Crippen LogP contribution in [-0.2, 0) is 12.7 Å². The highest BCUT2D eigenvalue weighted by atomic mass is 32.1. The lowest BCUT2D eigenvalue weighted by Gasteiger charge is -2.11. The number of nitro groups is 1. The minimum atomic E-state index is -4.76. The molecule has 1 N–H and O–H groups in total. The highest BCUT2D eigenvalue weighted by Gasteiger charge is 2.38. The predicted octanol–water partition coefficient (Wildman–Crippen LogP) is 4.60. The summed E-state index contributed by atoms with van der Waals surface area (Å²) in [5.74, 6) is 0. The minimum absolute atomic E-state index is 0.195. The number of nitrogens with zero attached hydrogens (tertiary/aromatic N) is 1. The molecule has 1 aromatic heterocycles. The Hall–Kier alpha value is -2.09. The summed E-state index contributed by atoms with van der Waals surface area (Å²) in [6.45, 7) is 2.28. The van der Waals surface area contributed by atoms with Gasteiger partial charge in [-0.05, 0) is 36.1 Å². The van der Waals surface area contributed by atoms with Crippen molar-refractivity contribution in [1.82, 2.24) is 0 Å². The van der Waals surface area contributed by atoms with Gasteiger partial charge in [-0.1, -0.05) is 0 Å². The van der Waals surface area contributed by atoms with Crippen LogP contribution in [0.2, 0.25) is 0 Å². The van der Waals surface area contributed by atoms with Crippen molar-refractivity contribution >= 4 is 22.7 Å². The van der Waals surface area contributed by atoms with Gasteiger partial charge in [-0.25, -0.2) is 0 Å². The molecule has 8 heteroatoms. The lowest BCUT2D eigenvalue weighted by Crippen LogP contribution is -2.10. The number of hydrogen-bond acceptors (Lipinski definition) is 4. The first kappa shape index (κ1) is 15.3. The molecule has 0 amide bonds. The van der Waals surface area contributed by atoms with Crippen LogP contribution < -0.4 is 5.32 Å².